The Hall–Kier alpha value is -7.59. The average molecular weight is 800 g/mol. The highest BCUT2D eigenvalue weighted by Gasteiger charge is 2.34. The molecule has 0 atom stereocenters. The number of anilines is 3. The number of benzene rings is 10. The van der Waals surface area contributed by atoms with Crippen LogP contribution in [0.4, 0.5) is 17.1 Å². The van der Waals surface area contributed by atoms with Crippen molar-refractivity contribution >= 4 is 59.8 Å². The molecule has 61 heavy (non-hydrogen) atoms. The smallest absolute Gasteiger partial charge is 0.137 e. The van der Waals surface area contributed by atoms with Gasteiger partial charge in [0, 0.05) is 36.3 Å². The zero-order chi connectivity index (χ0) is 40.6. The Kier molecular flexibility index (Phi) is 9.30. The van der Waals surface area contributed by atoms with E-state index in [9.17, 15) is 0 Å². The van der Waals surface area contributed by atoms with E-state index in [1.165, 1.54) is 41.5 Å². The van der Waals surface area contributed by atoms with Crippen molar-refractivity contribution < 1.29 is 4.42 Å². The van der Waals surface area contributed by atoms with Gasteiger partial charge in [0.05, 0.1) is 11.1 Å². The topological polar surface area (TPSA) is 16.4 Å². The summed E-state index contributed by atoms with van der Waals surface area (Å²) in [5, 5.41) is 4.66. The molecule has 3 heteroatoms. The van der Waals surface area contributed by atoms with Gasteiger partial charge in [-0.15, -0.1) is 10.0 Å². The van der Waals surface area contributed by atoms with Crippen LogP contribution in [0.2, 0.25) is 0 Å². The molecule has 0 spiro atoms. The van der Waals surface area contributed by atoms with Gasteiger partial charge in [-0.25, -0.2) is 0 Å². The molecule has 0 unspecified atom stereocenters. The van der Waals surface area contributed by atoms with E-state index in [-0.39, 0.29) is 0 Å². The van der Waals surface area contributed by atoms with Gasteiger partial charge >= 0.3 is 0 Å². The minimum atomic E-state index is -1.95. The summed E-state index contributed by atoms with van der Waals surface area (Å²) < 4.78 is 6.72. The lowest BCUT2D eigenvalue weighted by atomic mass is 9.97. The Labute approximate surface area is 357 Å². The van der Waals surface area contributed by atoms with Crippen molar-refractivity contribution in [3.63, 3.8) is 0 Å². The highest BCUT2D eigenvalue weighted by molar-refractivity contribution is 8.34. The SMILES string of the molecule is c1ccc(-c2cccc3oc4cccc(N(c5ccc(-c6cccc7ccccc67)cc5)c5cccc(S(c6ccccc6)(c6ccccc6)c6ccccc6)c5)c4c23)cc1. The third-order valence-corrected chi connectivity index (χ3v) is 15.7. The molecule has 0 bridgehead atoms. The van der Waals surface area contributed by atoms with Gasteiger partial charge in [0.25, 0.3) is 0 Å². The average Bonchev–Trinajstić information content (AvgIpc) is 3.73. The van der Waals surface area contributed by atoms with Gasteiger partial charge in [-0.2, -0.15) is 0 Å². The molecule has 290 valence electrons. The van der Waals surface area contributed by atoms with Crippen LogP contribution in [-0.2, 0) is 0 Å². The standard InChI is InChI=1S/C58H41NOS/c1-5-19-43(20-6-1)53-33-17-35-55-57(53)58-54(34-18-36-56(58)60-55)59(45-39-37-44(38-40-45)52-32-15-22-42-21-13-14-31-51(42)52)46-23-16-30-50(41-46)61(47-24-7-2-8-25-47,48-26-9-3-10-27-48)49-28-11-4-12-29-49/h1-41H. The molecule has 0 amide bonds. The van der Waals surface area contributed by atoms with Crippen molar-refractivity contribution in [2.75, 3.05) is 4.90 Å². The summed E-state index contributed by atoms with van der Waals surface area (Å²) in [6.07, 6.45) is 0. The molecule has 0 saturated carbocycles. The largest absolute Gasteiger partial charge is 0.456 e. The van der Waals surface area contributed by atoms with Crippen LogP contribution < -0.4 is 4.90 Å². The maximum atomic E-state index is 6.72. The summed E-state index contributed by atoms with van der Waals surface area (Å²) in [6.45, 7) is 0. The minimum absolute atomic E-state index is 0.849. The third kappa shape index (κ3) is 6.30. The van der Waals surface area contributed by atoms with Crippen molar-refractivity contribution in [3.05, 3.63) is 249 Å². The van der Waals surface area contributed by atoms with Crippen LogP contribution in [0.5, 0.6) is 0 Å². The summed E-state index contributed by atoms with van der Waals surface area (Å²) in [5.41, 5.74) is 9.57. The first-order valence-corrected chi connectivity index (χ1v) is 22.4. The number of rotatable bonds is 9. The minimum Gasteiger partial charge on any atom is -0.456 e. The van der Waals surface area contributed by atoms with E-state index in [4.69, 9.17) is 4.42 Å². The predicted molar refractivity (Wildman–Crippen MR) is 257 cm³/mol. The molecule has 0 saturated heterocycles. The number of hydrogen-bond donors (Lipinski definition) is 0. The van der Waals surface area contributed by atoms with Crippen molar-refractivity contribution in [3.8, 4) is 22.3 Å². The van der Waals surface area contributed by atoms with Crippen molar-refractivity contribution in [1.29, 1.82) is 0 Å². The van der Waals surface area contributed by atoms with Crippen molar-refractivity contribution in [2.24, 2.45) is 0 Å². The zero-order valence-corrected chi connectivity index (χ0v) is 34.3. The summed E-state index contributed by atoms with van der Waals surface area (Å²) in [6, 6.07) is 90.2. The fraction of sp³-hybridized carbons (Fsp3) is 0. The molecule has 2 nitrogen and oxygen atoms in total. The highest BCUT2D eigenvalue weighted by Crippen LogP contribution is 2.73. The molecule has 0 N–H and O–H groups in total. The maximum absolute atomic E-state index is 6.72. The molecule has 10 aromatic carbocycles. The number of fused-ring (bicyclic) bond motifs is 4. The fourth-order valence-electron chi connectivity index (χ4n) is 9.09. The van der Waals surface area contributed by atoms with Crippen LogP contribution in [0, 0.1) is 0 Å². The molecule has 0 fully saturated rings. The van der Waals surface area contributed by atoms with Crippen molar-refractivity contribution in [1.82, 2.24) is 0 Å². The molecule has 11 aromatic rings. The highest BCUT2D eigenvalue weighted by atomic mass is 32.3. The van der Waals surface area contributed by atoms with Gasteiger partial charge in [-0.3, -0.25) is 0 Å². The van der Waals surface area contributed by atoms with Crippen LogP contribution >= 0.6 is 10.0 Å². The van der Waals surface area contributed by atoms with Crippen LogP contribution in [-0.4, -0.2) is 0 Å². The molecule has 0 aliphatic heterocycles. The van der Waals surface area contributed by atoms with E-state index in [2.05, 4.69) is 254 Å². The van der Waals surface area contributed by atoms with Crippen molar-refractivity contribution in [2.45, 2.75) is 19.6 Å². The van der Waals surface area contributed by atoms with Gasteiger partial charge in [0.2, 0.25) is 0 Å². The first kappa shape index (κ1) is 36.5. The second-order valence-electron chi connectivity index (χ2n) is 15.3. The summed E-state index contributed by atoms with van der Waals surface area (Å²) in [5.74, 6) is 0. The van der Waals surface area contributed by atoms with Crippen LogP contribution in [0.1, 0.15) is 0 Å². The predicted octanol–water partition coefficient (Wildman–Crippen LogP) is 16.9. The lowest BCUT2D eigenvalue weighted by molar-refractivity contribution is 0.669. The Bertz CT molecular complexity index is 3190. The van der Waals surface area contributed by atoms with Gasteiger partial charge < -0.3 is 9.32 Å². The van der Waals surface area contributed by atoms with Crippen LogP contribution in [0.3, 0.4) is 0 Å². The lowest BCUT2D eigenvalue weighted by Gasteiger charge is -2.42. The molecular formula is C58H41NOS. The zero-order valence-electron chi connectivity index (χ0n) is 33.4. The van der Waals surface area contributed by atoms with E-state index in [0.29, 0.717) is 0 Å². The quantitative estimate of drug-likeness (QED) is 0.145. The Morgan fingerprint density at radius 1 is 0.328 bits per heavy atom. The molecule has 1 heterocycles. The first-order chi connectivity index (χ1) is 30.3. The van der Waals surface area contributed by atoms with E-state index in [1.807, 2.05) is 0 Å². The normalized spacial score (nSPS) is 11.9. The van der Waals surface area contributed by atoms with Gasteiger partial charge in [-0.05, 0) is 118 Å². The maximum Gasteiger partial charge on any atom is 0.137 e. The van der Waals surface area contributed by atoms with E-state index < -0.39 is 10.0 Å². The Balaban J connectivity index is 1.18. The number of hydrogen-bond acceptors (Lipinski definition) is 2. The van der Waals surface area contributed by atoms with E-state index in [0.717, 1.165) is 50.1 Å². The molecule has 1 aromatic heterocycles. The molecule has 0 aliphatic rings. The molecule has 0 radical (unpaired) electrons. The van der Waals surface area contributed by atoms with Gasteiger partial charge in [0.1, 0.15) is 11.2 Å². The van der Waals surface area contributed by atoms with E-state index >= 15 is 0 Å². The second kappa shape index (κ2) is 15.5. The first-order valence-electron chi connectivity index (χ1n) is 20.7. The summed E-state index contributed by atoms with van der Waals surface area (Å²) in [4.78, 5) is 7.53. The third-order valence-electron chi connectivity index (χ3n) is 11.8. The number of nitrogens with zero attached hydrogens (tertiary/aromatic N) is 1. The summed E-state index contributed by atoms with van der Waals surface area (Å²) in [7, 11) is -1.95. The van der Waals surface area contributed by atoms with Gasteiger partial charge in [0.15, 0.2) is 0 Å². The van der Waals surface area contributed by atoms with Crippen LogP contribution in [0.25, 0.3) is 55.0 Å². The molecular weight excluding hydrogens is 759 g/mol. The monoisotopic (exact) mass is 799 g/mol. The lowest BCUT2D eigenvalue weighted by Crippen LogP contribution is -2.12. The Morgan fingerprint density at radius 2 is 0.820 bits per heavy atom. The van der Waals surface area contributed by atoms with Gasteiger partial charge in [-0.1, -0.05) is 164 Å². The Morgan fingerprint density at radius 3 is 1.49 bits per heavy atom. The second-order valence-corrected chi connectivity index (χ2v) is 18.4. The van der Waals surface area contributed by atoms with Crippen LogP contribution in [0.15, 0.2) is 273 Å². The molecule has 0 aliphatic carbocycles. The number of furan rings is 1. The fourth-order valence-corrected chi connectivity index (χ4v) is 13.0. The van der Waals surface area contributed by atoms with E-state index in [1.54, 1.807) is 0 Å². The summed E-state index contributed by atoms with van der Waals surface area (Å²) >= 11 is 0. The molecule has 11 rings (SSSR count).